The minimum absolute atomic E-state index is 0. The third kappa shape index (κ3) is 6.91. The fraction of sp³-hybridized carbons (Fsp3) is 0.500. The van der Waals surface area contributed by atoms with Crippen molar-refractivity contribution in [1.29, 1.82) is 0 Å². The summed E-state index contributed by atoms with van der Waals surface area (Å²) >= 11 is 1.66. The summed E-state index contributed by atoms with van der Waals surface area (Å²) in [6, 6.07) is 3.88. The quantitative estimate of drug-likeness (QED) is 0.301. The monoisotopic (exact) mass is 534 g/mol. The minimum Gasteiger partial charge on any atom is -0.493 e. The van der Waals surface area contributed by atoms with Gasteiger partial charge in [0.15, 0.2) is 17.5 Å². The predicted octanol–water partition coefficient (Wildman–Crippen LogP) is 3.74. The number of hydrogen-bond acceptors (Lipinski definition) is 6. The number of nitrogens with zero attached hydrogens (tertiary/aromatic N) is 3. The van der Waals surface area contributed by atoms with Gasteiger partial charge in [0.25, 0.3) is 0 Å². The van der Waals surface area contributed by atoms with Crippen molar-refractivity contribution in [2.75, 3.05) is 41.5 Å². The molecule has 0 spiro atoms. The molecule has 0 amide bonds. The molecule has 0 atom stereocenters. The molecule has 0 aliphatic carbocycles. The van der Waals surface area contributed by atoms with Crippen LogP contribution in [0.25, 0.3) is 0 Å². The number of halogens is 1. The number of aliphatic imine (C=N–C) groups is 1. The van der Waals surface area contributed by atoms with Crippen molar-refractivity contribution < 1.29 is 14.2 Å². The molecule has 2 rings (SSSR count). The largest absolute Gasteiger partial charge is 0.493 e. The number of nitrogens with one attached hydrogen (secondary N) is 1. The first-order valence-corrected chi connectivity index (χ1v) is 10.1. The Morgan fingerprint density at radius 1 is 1.17 bits per heavy atom. The highest BCUT2D eigenvalue weighted by Gasteiger charge is 2.15. The standard InChI is InChI=1S/C20H30N4O3S.HI/c1-7-21-20(24(3)12-16-13-28-14(2)23-16)22-11-10-15-8-9-17(25-4)19(27-6)18(15)26-5;/h8-9,13H,7,10-12H2,1-6H3,(H,21,22);1H. The highest BCUT2D eigenvalue weighted by molar-refractivity contribution is 14.0. The third-order valence-electron chi connectivity index (χ3n) is 4.19. The Balaban J connectivity index is 0.00000420. The van der Waals surface area contributed by atoms with E-state index in [0.717, 1.165) is 41.7 Å². The molecule has 2 aromatic rings. The second-order valence-electron chi connectivity index (χ2n) is 6.19. The van der Waals surface area contributed by atoms with Crippen molar-refractivity contribution in [2.45, 2.75) is 26.8 Å². The van der Waals surface area contributed by atoms with Crippen LogP contribution in [-0.2, 0) is 13.0 Å². The Kier molecular flexibility index (Phi) is 11.1. The summed E-state index contributed by atoms with van der Waals surface area (Å²) in [5, 5.41) is 6.50. The molecule has 1 aromatic carbocycles. The lowest BCUT2D eigenvalue weighted by Gasteiger charge is -2.21. The van der Waals surface area contributed by atoms with Crippen molar-refractivity contribution in [3.63, 3.8) is 0 Å². The lowest BCUT2D eigenvalue weighted by Crippen LogP contribution is -2.38. The van der Waals surface area contributed by atoms with Crippen molar-refractivity contribution in [1.82, 2.24) is 15.2 Å². The van der Waals surface area contributed by atoms with Crippen LogP contribution in [0.5, 0.6) is 17.2 Å². The lowest BCUT2D eigenvalue weighted by atomic mass is 10.1. The zero-order valence-electron chi connectivity index (χ0n) is 17.9. The van der Waals surface area contributed by atoms with Crippen LogP contribution in [0, 0.1) is 6.92 Å². The second kappa shape index (κ2) is 12.7. The van der Waals surface area contributed by atoms with Crippen molar-refractivity contribution in [3.05, 3.63) is 33.8 Å². The summed E-state index contributed by atoms with van der Waals surface area (Å²) in [7, 11) is 6.88. The van der Waals surface area contributed by atoms with Crippen molar-refractivity contribution >= 4 is 41.3 Å². The Morgan fingerprint density at radius 3 is 2.45 bits per heavy atom. The van der Waals surface area contributed by atoms with Crippen LogP contribution in [0.15, 0.2) is 22.5 Å². The van der Waals surface area contributed by atoms with E-state index < -0.39 is 0 Å². The molecule has 29 heavy (non-hydrogen) atoms. The molecular weight excluding hydrogens is 503 g/mol. The minimum atomic E-state index is 0. The van der Waals surface area contributed by atoms with E-state index in [2.05, 4.69) is 27.5 Å². The Bertz CT molecular complexity index is 798. The zero-order chi connectivity index (χ0) is 20.5. The molecule has 1 heterocycles. The summed E-state index contributed by atoms with van der Waals surface area (Å²) in [6.07, 6.45) is 0.724. The summed E-state index contributed by atoms with van der Waals surface area (Å²) < 4.78 is 16.4. The molecule has 1 N–H and O–H groups in total. The van der Waals surface area contributed by atoms with Gasteiger partial charge in [-0.1, -0.05) is 6.07 Å². The van der Waals surface area contributed by atoms with Gasteiger partial charge in [0, 0.05) is 31.1 Å². The molecule has 0 saturated carbocycles. The van der Waals surface area contributed by atoms with Gasteiger partial charge >= 0.3 is 0 Å². The van der Waals surface area contributed by atoms with Crippen LogP contribution in [0.4, 0.5) is 0 Å². The number of benzene rings is 1. The number of methoxy groups -OCH3 is 3. The van der Waals surface area contributed by atoms with Crippen molar-refractivity contribution in [2.24, 2.45) is 4.99 Å². The molecule has 7 nitrogen and oxygen atoms in total. The average Bonchev–Trinajstić information content (AvgIpc) is 3.10. The van der Waals surface area contributed by atoms with Crippen LogP contribution in [-0.4, -0.2) is 57.3 Å². The topological polar surface area (TPSA) is 68.2 Å². The van der Waals surface area contributed by atoms with E-state index in [1.807, 2.05) is 26.1 Å². The number of hydrogen-bond donors (Lipinski definition) is 1. The predicted molar refractivity (Wildman–Crippen MR) is 130 cm³/mol. The SMILES string of the molecule is CCNC(=NCCc1ccc(OC)c(OC)c1OC)N(C)Cc1csc(C)n1.I. The van der Waals surface area contributed by atoms with Crippen molar-refractivity contribution in [3.8, 4) is 17.2 Å². The first-order valence-electron chi connectivity index (χ1n) is 9.22. The number of aromatic nitrogens is 1. The fourth-order valence-corrected chi connectivity index (χ4v) is 3.51. The summed E-state index contributed by atoms with van der Waals surface area (Å²) in [4.78, 5) is 11.4. The molecular formula is C20H31IN4O3S. The fourth-order valence-electron chi connectivity index (χ4n) is 2.91. The van der Waals surface area contributed by atoms with Gasteiger partial charge in [-0.05, 0) is 26.3 Å². The van der Waals surface area contributed by atoms with Gasteiger partial charge in [-0.15, -0.1) is 35.3 Å². The van der Waals surface area contributed by atoms with E-state index in [1.165, 1.54) is 0 Å². The van der Waals surface area contributed by atoms with Crippen LogP contribution in [0.3, 0.4) is 0 Å². The number of rotatable bonds is 9. The van der Waals surface area contributed by atoms with Gasteiger partial charge in [0.1, 0.15) is 0 Å². The highest BCUT2D eigenvalue weighted by Crippen LogP contribution is 2.39. The lowest BCUT2D eigenvalue weighted by molar-refractivity contribution is 0.322. The Labute approximate surface area is 194 Å². The zero-order valence-corrected chi connectivity index (χ0v) is 21.1. The summed E-state index contributed by atoms with van der Waals surface area (Å²) in [6.45, 7) is 6.22. The Morgan fingerprint density at radius 2 is 1.90 bits per heavy atom. The third-order valence-corrected chi connectivity index (χ3v) is 5.01. The van der Waals surface area contributed by atoms with Gasteiger partial charge < -0.3 is 24.4 Å². The number of aryl methyl sites for hydroxylation is 1. The van der Waals surface area contributed by atoms with E-state index in [0.29, 0.717) is 23.8 Å². The summed E-state index contributed by atoms with van der Waals surface area (Å²) in [5.74, 6) is 2.80. The van der Waals surface area contributed by atoms with Gasteiger partial charge in [0.2, 0.25) is 5.75 Å². The van der Waals surface area contributed by atoms with Gasteiger partial charge in [-0.3, -0.25) is 4.99 Å². The molecule has 0 fully saturated rings. The molecule has 0 radical (unpaired) electrons. The van der Waals surface area contributed by atoms with Crippen LogP contribution < -0.4 is 19.5 Å². The van der Waals surface area contributed by atoms with E-state index in [4.69, 9.17) is 19.2 Å². The molecule has 162 valence electrons. The second-order valence-corrected chi connectivity index (χ2v) is 7.26. The first-order chi connectivity index (χ1) is 13.5. The highest BCUT2D eigenvalue weighted by atomic mass is 127. The first kappa shape index (κ1) is 25.3. The molecule has 0 saturated heterocycles. The molecule has 0 aliphatic heterocycles. The molecule has 1 aromatic heterocycles. The summed E-state index contributed by atoms with van der Waals surface area (Å²) in [5.41, 5.74) is 2.08. The van der Waals surface area contributed by atoms with E-state index in [-0.39, 0.29) is 24.0 Å². The van der Waals surface area contributed by atoms with Crippen LogP contribution >= 0.6 is 35.3 Å². The molecule has 9 heteroatoms. The number of thiazole rings is 1. The Hall–Kier alpha value is -1.75. The van der Waals surface area contributed by atoms with E-state index >= 15 is 0 Å². The van der Waals surface area contributed by atoms with Crippen LogP contribution in [0.1, 0.15) is 23.2 Å². The average molecular weight is 534 g/mol. The molecule has 0 aliphatic rings. The van der Waals surface area contributed by atoms with Gasteiger partial charge in [-0.2, -0.15) is 0 Å². The maximum Gasteiger partial charge on any atom is 0.203 e. The van der Waals surface area contributed by atoms with Gasteiger partial charge in [0.05, 0.1) is 38.6 Å². The maximum atomic E-state index is 5.56. The molecule has 0 unspecified atom stereocenters. The normalized spacial score (nSPS) is 10.9. The number of ether oxygens (including phenoxy) is 3. The van der Waals surface area contributed by atoms with E-state index in [9.17, 15) is 0 Å². The molecule has 0 bridgehead atoms. The van der Waals surface area contributed by atoms with Crippen LogP contribution in [0.2, 0.25) is 0 Å². The van der Waals surface area contributed by atoms with E-state index in [1.54, 1.807) is 32.7 Å². The number of guanidine groups is 1. The maximum absolute atomic E-state index is 5.56. The smallest absolute Gasteiger partial charge is 0.203 e. The van der Waals surface area contributed by atoms with Gasteiger partial charge in [-0.25, -0.2) is 4.98 Å².